The van der Waals surface area contributed by atoms with Crippen LogP contribution in [0.2, 0.25) is 0 Å². The van der Waals surface area contributed by atoms with Gasteiger partial charge in [-0.05, 0) is 19.4 Å². The highest BCUT2D eigenvalue weighted by atomic mass is 35.5. The minimum atomic E-state index is 0.0270. The molecule has 1 unspecified atom stereocenters. The third kappa shape index (κ3) is 3.29. The minimum Gasteiger partial charge on any atom is -0.302 e. The fraction of sp³-hybridized carbons (Fsp3) is 0.667. The zero-order valence-corrected chi connectivity index (χ0v) is 8.89. The van der Waals surface area contributed by atoms with Crippen molar-refractivity contribution in [3.8, 4) is 0 Å². The Balaban J connectivity index is 2.49. The quantitative estimate of drug-likeness (QED) is 0.683. The summed E-state index contributed by atoms with van der Waals surface area (Å²) in [5.41, 5.74) is 1.36. The second-order valence-corrected chi connectivity index (χ2v) is 3.93. The van der Waals surface area contributed by atoms with Crippen molar-refractivity contribution >= 4 is 29.5 Å². The number of halogens is 2. The average molecular weight is 222 g/mol. The zero-order valence-electron chi connectivity index (χ0n) is 7.38. The maximum atomic E-state index is 10.7. The van der Waals surface area contributed by atoms with Crippen molar-refractivity contribution in [3.63, 3.8) is 0 Å². The maximum Gasteiger partial charge on any atom is 0.137 e. The lowest BCUT2D eigenvalue weighted by molar-refractivity contribution is -0.113. The van der Waals surface area contributed by atoms with Crippen molar-refractivity contribution in [2.24, 2.45) is 0 Å². The van der Waals surface area contributed by atoms with Gasteiger partial charge in [-0.1, -0.05) is 29.6 Å². The summed E-state index contributed by atoms with van der Waals surface area (Å²) in [7, 11) is 0. The first-order chi connectivity index (χ1) is 6.27. The van der Waals surface area contributed by atoms with Gasteiger partial charge >= 0.3 is 0 Å². The second kappa shape index (κ2) is 5.63. The summed E-state index contributed by atoms with van der Waals surface area (Å²) < 4.78 is 0. The van der Waals surface area contributed by atoms with E-state index in [2.05, 4.69) is 4.90 Å². The van der Waals surface area contributed by atoms with Gasteiger partial charge in [0.05, 0.1) is 6.04 Å². The zero-order chi connectivity index (χ0) is 9.68. The molecule has 1 rings (SSSR count). The molecule has 0 N–H and O–H groups in total. The predicted molar refractivity (Wildman–Crippen MR) is 55.1 cm³/mol. The van der Waals surface area contributed by atoms with Crippen LogP contribution in [0.15, 0.2) is 10.6 Å². The molecule has 0 aromatic heterocycles. The molecule has 0 aliphatic carbocycles. The number of piperidine rings is 1. The summed E-state index contributed by atoms with van der Waals surface area (Å²) in [5.74, 6) is 0. The molecule has 1 aliphatic heterocycles. The minimum absolute atomic E-state index is 0.0270. The molecular weight excluding hydrogens is 209 g/mol. The van der Waals surface area contributed by atoms with Crippen LogP contribution in [0.4, 0.5) is 0 Å². The Bertz CT molecular complexity index is 206. The maximum absolute atomic E-state index is 10.7. The summed E-state index contributed by atoms with van der Waals surface area (Å²) in [6.07, 6.45) is 4.20. The lowest BCUT2D eigenvalue weighted by Crippen LogP contribution is -2.41. The number of carbonyl (C=O) groups is 1. The van der Waals surface area contributed by atoms with Crippen molar-refractivity contribution in [2.45, 2.75) is 25.3 Å². The number of hydrogen-bond acceptors (Lipinski definition) is 2. The fourth-order valence-electron chi connectivity index (χ4n) is 1.60. The highest BCUT2D eigenvalue weighted by molar-refractivity contribution is 6.36. The van der Waals surface area contributed by atoms with Crippen molar-refractivity contribution in [3.05, 3.63) is 10.6 Å². The molecule has 1 saturated heterocycles. The monoisotopic (exact) mass is 221 g/mol. The van der Waals surface area contributed by atoms with E-state index in [1.54, 1.807) is 0 Å². The van der Waals surface area contributed by atoms with Crippen LogP contribution in [0.1, 0.15) is 19.3 Å². The molecule has 13 heavy (non-hydrogen) atoms. The Morgan fingerprint density at radius 3 is 2.92 bits per heavy atom. The van der Waals surface area contributed by atoms with Crippen LogP contribution in [0, 0.1) is 0 Å². The molecule has 0 bridgehead atoms. The Morgan fingerprint density at radius 2 is 2.31 bits per heavy atom. The first-order valence-electron chi connectivity index (χ1n) is 4.42. The first-order valence-corrected chi connectivity index (χ1v) is 5.23. The molecule has 0 radical (unpaired) electrons. The van der Waals surface area contributed by atoms with Crippen LogP contribution in [-0.2, 0) is 4.79 Å². The van der Waals surface area contributed by atoms with Gasteiger partial charge in [0.25, 0.3) is 0 Å². The molecular formula is C9H13Cl2NO. The van der Waals surface area contributed by atoms with E-state index in [1.165, 1.54) is 5.54 Å². The third-order valence-corrected chi connectivity index (χ3v) is 2.90. The summed E-state index contributed by atoms with van der Waals surface area (Å²) in [5, 5.41) is 0.593. The van der Waals surface area contributed by atoms with Crippen LogP contribution in [0.3, 0.4) is 0 Å². The van der Waals surface area contributed by atoms with Gasteiger partial charge in [-0.15, -0.1) is 0 Å². The summed E-state index contributed by atoms with van der Waals surface area (Å²) >= 11 is 11.2. The van der Waals surface area contributed by atoms with E-state index in [1.807, 2.05) is 0 Å². The number of likely N-dealkylation sites (tertiary alicyclic amines) is 1. The molecule has 1 atom stereocenters. The molecule has 0 saturated carbocycles. The number of aldehydes is 1. The Labute approximate surface area is 88.5 Å². The smallest absolute Gasteiger partial charge is 0.137 e. The van der Waals surface area contributed by atoms with Crippen LogP contribution in [-0.4, -0.2) is 30.3 Å². The van der Waals surface area contributed by atoms with Gasteiger partial charge in [0.15, 0.2) is 0 Å². The normalized spacial score (nSPS) is 26.0. The number of nitrogens with zero attached hydrogens (tertiary/aromatic N) is 1. The second-order valence-electron chi connectivity index (χ2n) is 3.23. The summed E-state index contributed by atoms with van der Waals surface area (Å²) in [6.45, 7) is 1.53. The van der Waals surface area contributed by atoms with Crippen LogP contribution < -0.4 is 0 Å². The molecule has 2 nitrogen and oxygen atoms in total. The van der Waals surface area contributed by atoms with Gasteiger partial charge in [-0.25, -0.2) is 0 Å². The van der Waals surface area contributed by atoms with E-state index in [0.29, 0.717) is 11.6 Å². The Morgan fingerprint density at radius 1 is 1.54 bits per heavy atom. The van der Waals surface area contributed by atoms with Crippen LogP contribution in [0.5, 0.6) is 0 Å². The van der Waals surface area contributed by atoms with Crippen molar-refractivity contribution < 1.29 is 4.79 Å². The van der Waals surface area contributed by atoms with Crippen molar-refractivity contribution in [2.75, 3.05) is 13.1 Å². The van der Waals surface area contributed by atoms with Crippen molar-refractivity contribution in [1.82, 2.24) is 4.90 Å². The van der Waals surface area contributed by atoms with E-state index >= 15 is 0 Å². The standard InChI is InChI=1S/C9H13Cl2NO/c10-5-8(11)6-12-4-2-1-3-9(12)7-13/h5,7,9H,1-4,6H2. The average Bonchev–Trinajstić information content (AvgIpc) is 2.18. The molecule has 1 aliphatic rings. The Hall–Kier alpha value is -0.0500. The molecule has 0 spiro atoms. The van der Waals surface area contributed by atoms with Gasteiger partial charge in [-0.3, -0.25) is 4.90 Å². The predicted octanol–water partition coefficient (Wildman–Crippen LogP) is 2.36. The van der Waals surface area contributed by atoms with Gasteiger partial charge < -0.3 is 4.79 Å². The fourth-order valence-corrected chi connectivity index (χ4v) is 1.82. The van der Waals surface area contributed by atoms with E-state index in [9.17, 15) is 4.79 Å². The summed E-state index contributed by atoms with van der Waals surface area (Å²) in [4.78, 5) is 12.8. The van der Waals surface area contributed by atoms with Gasteiger partial charge in [-0.2, -0.15) is 0 Å². The highest BCUT2D eigenvalue weighted by Crippen LogP contribution is 2.18. The van der Waals surface area contributed by atoms with Crippen molar-refractivity contribution in [1.29, 1.82) is 0 Å². The number of hydrogen-bond donors (Lipinski definition) is 0. The summed E-state index contributed by atoms with van der Waals surface area (Å²) in [6, 6.07) is 0.0270. The van der Waals surface area contributed by atoms with Crippen LogP contribution in [0.25, 0.3) is 0 Å². The molecule has 74 valence electrons. The molecule has 0 aromatic rings. The molecule has 0 amide bonds. The number of rotatable bonds is 3. The lowest BCUT2D eigenvalue weighted by atomic mass is 10.0. The van der Waals surface area contributed by atoms with E-state index in [-0.39, 0.29) is 6.04 Å². The molecule has 1 heterocycles. The Kier molecular flexibility index (Phi) is 4.78. The topological polar surface area (TPSA) is 20.3 Å². The van der Waals surface area contributed by atoms with Gasteiger partial charge in [0.1, 0.15) is 6.29 Å². The highest BCUT2D eigenvalue weighted by Gasteiger charge is 2.21. The largest absolute Gasteiger partial charge is 0.302 e. The third-order valence-electron chi connectivity index (χ3n) is 2.29. The lowest BCUT2D eigenvalue weighted by Gasteiger charge is -2.31. The number of carbonyl (C=O) groups excluding carboxylic acids is 1. The van der Waals surface area contributed by atoms with E-state index in [4.69, 9.17) is 23.2 Å². The van der Waals surface area contributed by atoms with Gasteiger partial charge in [0, 0.05) is 17.1 Å². The van der Waals surface area contributed by atoms with Crippen LogP contribution >= 0.6 is 23.2 Å². The first kappa shape index (κ1) is 11.0. The molecule has 0 aromatic carbocycles. The SMILES string of the molecule is O=CC1CCCCN1CC(Cl)=CCl. The van der Waals surface area contributed by atoms with Gasteiger partial charge in [0.2, 0.25) is 0 Å². The van der Waals surface area contributed by atoms with E-state index in [0.717, 1.165) is 32.1 Å². The molecule has 4 heteroatoms. The van der Waals surface area contributed by atoms with E-state index < -0.39 is 0 Å². The molecule has 1 fully saturated rings.